The summed E-state index contributed by atoms with van der Waals surface area (Å²) in [7, 11) is 0. The summed E-state index contributed by atoms with van der Waals surface area (Å²) in [5.74, 6) is -0.0232. The van der Waals surface area contributed by atoms with Crippen molar-refractivity contribution in [2.75, 3.05) is 6.54 Å². The highest BCUT2D eigenvalue weighted by molar-refractivity contribution is 9.10. The number of nitrogens with one attached hydrogen (secondary N) is 1. The highest BCUT2D eigenvalue weighted by Crippen LogP contribution is 2.15. The Morgan fingerprint density at radius 2 is 2.62 bits per heavy atom. The van der Waals surface area contributed by atoms with Gasteiger partial charge in [-0.3, -0.25) is 4.79 Å². The van der Waals surface area contributed by atoms with Crippen LogP contribution in [0.25, 0.3) is 6.08 Å². The highest BCUT2D eigenvalue weighted by atomic mass is 79.9. The van der Waals surface area contributed by atoms with Crippen LogP contribution in [0.3, 0.4) is 0 Å². The fraction of sp³-hybridized carbons (Fsp3) is 0.250. The van der Waals surface area contributed by atoms with Crippen molar-refractivity contribution in [3.8, 4) is 0 Å². The van der Waals surface area contributed by atoms with E-state index in [0.717, 1.165) is 9.61 Å². The summed E-state index contributed by atoms with van der Waals surface area (Å²) in [5, 5.41) is 5.50. The maximum Gasteiger partial charge on any atom is 0.217 e. The first kappa shape index (κ1) is 10.4. The van der Waals surface area contributed by atoms with Gasteiger partial charge in [-0.05, 0) is 22.0 Å². The van der Waals surface area contributed by atoms with E-state index >= 15 is 0 Å². The average molecular weight is 261 g/mol. The first-order valence-corrected chi connectivity index (χ1v) is 5.38. The van der Waals surface area contributed by atoms with E-state index in [1.807, 2.05) is 17.5 Å². The second-order valence-electron chi connectivity index (χ2n) is 2.35. The number of aromatic nitrogens is 1. The van der Waals surface area contributed by atoms with Gasteiger partial charge in [-0.1, -0.05) is 6.08 Å². The molecule has 5 heteroatoms. The molecular formula is C8H9BrN2OS. The number of carbonyl (C=O) groups excluding carboxylic acids is 1. The zero-order chi connectivity index (χ0) is 9.68. The summed E-state index contributed by atoms with van der Waals surface area (Å²) in [6.07, 6.45) is 3.75. The summed E-state index contributed by atoms with van der Waals surface area (Å²) in [6, 6.07) is 0. The van der Waals surface area contributed by atoms with Crippen molar-refractivity contribution in [3.63, 3.8) is 0 Å². The second-order valence-corrected chi connectivity index (χ2v) is 4.05. The summed E-state index contributed by atoms with van der Waals surface area (Å²) >= 11 is 4.81. The van der Waals surface area contributed by atoms with E-state index in [1.165, 1.54) is 6.92 Å². The Morgan fingerprint density at radius 1 is 1.85 bits per heavy atom. The van der Waals surface area contributed by atoms with Crippen molar-refractivity contribution in [1.29, 1.82) is 0 Å². The largest absolute Gasteiger partial charge is 0.353 e. The van der Waals surface area contributed by atoms with E-state index in [-0.39, 0.29) is 5.91 Å². The van der Waals surface area contributed by atoms with E-state index in [9.17, 15) is 4.79 Å². The zero-order valence-corrected chi connectivity index (χ0v) is 9.48. The maximum absolute atomic E-state index is 10.5. The number of hydrogen-bond donors (Lipinski definition) is 1. The van der Waals surface area contributed by atoms with Gasteiger partial charge in [0.05, 0.1) is 0 Å². The minimum absolute atomic E-state index is 0.0232. The molecule has 0 saturated carbocycles. The van der Waals surface area contributed by atoms with E-state index in [4.69, 9.17) is 0 Å². The molecule has 13 heavy (non-hydrogen) atoms. The lowest BCUT2D eigenvalue weighted by atomic mass is 10.5. The molecule has 0 aliphatic carbocycles. The van der Waals surface area contributed by atoms with Gasteiger partial charge in [0.1, 0.15) is 9.61 Å². The fourth-order valence-electron chi connectivity index (χ4n) is 0.706. The lowest BCUT2D eigenvalue weighted by Crippen LogP contribution is -2.19. The molecule has 1 N–H and O–H groups in total. The molecule has 0 spiro atoms. The lowest BCUT2D eigenvalue weighted by molar-refractivity contribution is -0.118. The molecule has 1 aromatic heterocycles. The van der Waals surface area contributed by atoms with Gasteiger partial charge in [0.2, 0.25) is 5.91 Å². The van der Waals surface area contributed by atoms with Gasteiger partial charge in [-0.25, -0.2) is 4.98 Å². The van der Waals surface area contributed by atoms with Crippen LogP contribution in [-0.2, 0) is 4.79 Å². The van der Waals surface area contributed by atoms with Gasteiger partial charge in [-0.15, -0.1) is 11.3 Å². The van der Waals surface area contributed by atoms with Gasteiger partial charge in [0, 0.05) is 18.8 Å². The normalized spacial score (nSPS) is 10.6. The van der Waals surface area contributed by atoms with Crippen LogP contribution in [0.2, 0.25) is 0 Å². The average Bonchev–Trinajstić information content (AvgIpc) is 2.45. The van der Waals surface area contributed by atoms with Crippen LogP contribution in [0.15, 0.2) is 16.1 Å². The quantitative estimate of drug-likeness (QED) is 0.904. The molecule has 0 aliphatic heterocycles. The zero-order valence-electron chi connectivity index (χ0n) is 7.08. The monoisotopic (exact) mass is 260 g/mol. The number of amides is 1. The molecular weight excluding hydrogens is 252 g/mol. The molecule has 1 amide bonds. The van der Waals surface area contributed by atoms with Gasteiger partial charge >= 0.3 is 0 Å². The van der Waals surface area contributed by atoms with Gasteiger partial charge in [0.25, 0.3) is 0 Å². The number of carbonyl (C=O) groups is 1. The third-order valence-corrected chi connectivity index (χ3v) is 2.74. The topological polar surface area (TPSA) is 42.0 Å². The molecule has 0 fully saturated rings. The minimum atomic E-state index is -0.0232. The van der Waals surface area contributed by atoms with Crippen molar-refractivity contribution in [2.45, 2.75) is 6.92 Å². The number of thiazole rings is 1. The van der Waals surface area contributed by atoms with Crippen molar-refractivity contribution < 1.29 is 4.79 Å². The molecule has 1 rings (SSSR count). The molecule has 3 nitrogen and oxygen atoms in total. The van der Waals surface area contributed by atoms with Crippen LogP contribution in [0.1, 0.15) is 11.9 Å². The number of nitrogens with zero attached hydrogens (tertiary/aromatic N) is 1. The van der Waals surface area contributed by atoms with Gasteiger partial charge < -0.3 is 5.32 Å². The van der Waals surface area contributed by atoms with Crippen molar-refractivity contribution in [3.05, 3.63) is 21.1 Å². The van der Waals surface area contributed by atoms with Crippen molar-refractivity contribution in [2.24, 2.45) is 0 Å². The van der Waals surface area contributed by atoms with Crippen LogP contribution in [0.4, 0.5) is 0 Å². The smallest absolute Gasteiger partial charge is 0.217 e. The molecule has 0 saturated heterocycles. The molecule has 1 heterocycles. The van der Waals surface area contributed by atoms with Gasteiger partial charge in [-0.2, -0.15) is 0 Å². The summed E-state index contributed by atoms with van der Waals surface area (Å²) < 4.78 is 0.844. The summed E-state index contributed by atoms with van der Waals surface area (Å²) in [5.41, 5.74) is 0. The fourth-order valence-corrected chi connectivity index (χ4v) is 1.89. The Labute approximate surface area is 89.0 Å². The molecule has 1 aromatic rings. The predicted octanol–water partition coefficient (Wildman–Crippen LogP) is 2.05. The van der Waals surface area contributed by atoms with E-state index in [1.54, 1.807) is 11.3 Å². The molecule has 0 bridgehead atoms. The Balaban J connectivity index is 2.36. The third kappa shape index (κ3) is 4.19. The van der Waals surface area contributed by atoms with Crippen LogP contribution < -0.4 is 5.32 Å². The molecule has 0 unspecified atom stereocenters. The van der Waals surface area contributed by atoms with Crippen LogP contribution in [0.5, 0.6) is 0 Å². The van der Waals surface area contributed by atoms with Crippen LogP contribution in [-0.4, -0.2) is 17.4 Å². The maximum atomic E-state index is 10.5. The SMILES string of the molecule is CC(=O)NCC=Cc1nc(Br)cs1. The Hall–Kier alpha value is -0.680. The molecule has 0 aliphatic rings. The first-order chi connectivity index (χ1) is 6.18. The standard InChI is InChI=1S/C8H9BrN2OS/c1-6(12)10-4-2-3-8-11-7(9)5-13-8/h2-3,5H,4H2,1H3,(H,10,12). The summed E-state index contributed by atoms with van der Waals surface area (Å²) in [4.78, 5) is 14.7. The van der Waals surface area contributed by atoms with Gasteiger partial charge in [0.15, 0.2) is 0 Å². The Kier molecular flexibility index (Phi) is 4.11. The van der Waals surface area contributed by atoms with E-state index < -0.39 is 0 Å². The lowest BCUT2D eigenvalue weighted by Gasteiger charge is -1.92. The van der Waals surface area contributed by atoms with Crippen molar-refractivity contribution >= 4 is 39.2 Å². The number of halogens is 1. The first-order valence-electron chi connectivity index (χ1n) is 3.70. The number of hydrogen-bond acceptors (Lipinski definition) is 3. The predicted molar refractivity (Wildman–Crippen MR) is 57.5 cm³/mol. The Morgan fingerprint density at radius 3 is 3.15 bits per heavy atom. The number of rotatable bonds is 3. The summed E-state index contributed by atoms with van der Waals surface area (Å²) in [6.45, 7) is 2.04. The third-order valence-electron chi connectivity index (χ3n) is 1.22. The molecule has 0 aromatic carbocycles. The highest BCUT2D eigenvalue weighted by Gasteiger charge is 1.93. The Bertz CT molecular complexity index is 322. The second kappa shape index (κ2) is 5.14. The van der Waals surface area contributed by atoms with E-state index in [2.05, 4.69) is 26.2 Å². The molecule has 0 radical (unpaired) electrons. The van der Waals surface area contributed by atoms with Crippen molar-refractivity contribution in [1.82, 2.24) is 10.3 Å². The molecule has 0 atom stereocenters. The molecule has 70 valence electrons. The van der Waals surface area contributed by atoms with Crippen LogP contribution in [0, 0.1) is 0 Å². The van der Waals surface area contributed by atoms with Crippen LogP contribution >= 0.6 is 27.3 Å². The minimum Gasteiger partial charge on any atom is -0.353 e. The van der Waals surface area contributed by atoms with E-state index in [0.29, 0.717) is 6.54 Å².